The Balaban J connectivity index is 3.68. The van der Waals surface area contributed by atoms with Gasteiger partial charge in [0.1, 0.15) is 0 Å². The molecule has 2 heteroatoms. The zero-order chi connectivity index (χ0) is 9.56. The van der Waals surface area contributed by atoms with Crippen LogP contribution in [-0.4, -0.2) is 11.1 Å². The van der Waals surface area contributed by atoms with Crippen LogP contribution in [0.3, 0.4) is 0 Å². The highest BCUT2D eigenvalue weighted by molar-refractivity contribution is 5.86. The van der Waals surface area contributed by atoms with Crippen LogP contribution in [0.4, 0.5) is 0 Å². The second-order valence-electron chi connectivity index (χ2n) is 3.41. The highest BCUT2D eigenvalue weighted by atomic mass is 16.4. The molecule has 0 saturated carbocycles. The predicted octanol–water partition coefficient (Wildman–Crippen LogP) is 2.84. The van der Waals surface area contributed by atoms with E-state index in [1.807, 2.05) is 0 Å². The molecular formula is C10H18O2. The van der Waals surface area contributed by atoms with Crippen LogP contribution in [0.5, 0.6) is 0 Å². The number of hydrogen-bond acceptors (Lipinski definition) is 1. The topological polar surface area (TPSA) is 37.3 Å². The van der Waals surface area contributed by atoms with Crippen molar-refractivity contribution in [3.8, 4) is 0 Å². The molecule has 0 unspecified atom stereocenters. The molecule has 0 aliphatic carbocycles. The van der Waals surface area contributed by atoms with E-state index in [9.17, 15) is 4.79 Å². The lowest BCUT2D eigenvalue weighted by atomic mass is 10.0. The third kappa shape index (κ3) is 4.94. The fourth-order valence-electron chi connectivity index (χ4n) is 1.08. The standard InChI is InChI=1S/C10H18O2/c1-4-9(10(11)12)7-5-6-8(2)3/h4,8H,5-7H2,1-3H3,(H,11,12)/b9-4-. The lowest BCUT2D eigenvalue weighted by molar-refractivity contribution is -0.132. The van der Waals surface area contributed by atoms with Crippen molar-refractivity contribution in [3.63, 3.8) is 0 Å². The summed E-state index contributed by atoms with van der Waals surface area (Å²) in [5.41, 5.74) is 0.538. The van der Waals surface area contributed by atoms with Gasteiger partial charge in [0.2, 0.25) is 0 Å². The SMILES string of the molecule is C/C=C(/CCCC(C)C)C(=O)O. The molecule has 0 fully saturated rings. The Morgan fingerprint density at radius 3 is 2.42 bits per heavy atom. The molecule has 0 radical (unpaired) electrons. The fraction of sp³-hybridized carbons (Fsp3) is 0.700. The third-order valence-electron chi connectivity index (χ3n) is 1.85. The maximum Gasteiger partial charge on any atom is 0.331 e. The second-order valence-corrected chi connectivity index (χ2v) is 3.41. The van der Waals surface area contributed by atoms with E-state index in [0.717, 1.165) is 12.8 Å². The molecule has 70 valence electrons. The van der Waals surface area contributed by atoms with Crippen molar-refractivity contribution in [2.75, 3.05) is 0 Å². The Hall–Kier alpha value is -0.790. The van der Waals surface area contributed by atoms with Crippen molar-refractivity contribution >= 4 is 5.97 Å². The van der Waals surface area contributed by atoms with Crippen molar-refractivity contribution in [1.29, 1.82) is 0 Å². The van der Waals surface area contributed by atoms with Crippen LogP contribution in [0, 0.1) is 5.92 Å². The van der Waals surface area contributed by atoms with Crippen LogP contribution < -0.4 is 0 Å². The first-order valence-corrected chi connectivity index (χ1v) is 4.46. The average Bonchev–Trinajstić information content (AvgIpc) is 1.96. The van der Waals surface area contributed by atoms with Gasteiger partial charge in [0.15, 0.2) is 0 Å². The van der Waals surface area contributed by atoms with E-state index in [1.54, 1.807) is 13.0 Å². The molecule has 0 rings (SSSR count). The van der Waals surface area contributed by atoms with Crippen LogP contribution in [0.25, 0.3) is 0 Å². The highest BCUT2D eigenvalue weighted by Gasteiger charge is 2.05. The van der Waals surface area contributed by atoms with Gasteiger partial charge in [-0.15, -0.1) is 0 Å². The minimum Gasteiger partial charge on any atom is -0.478 e. The second kappa shape index (κ2) is 5.81. The number of rotatable bonds is 5. The van der Waals surface area contributed by atoms with Gasteiger partial charge in [-0.2, -0.15) is 0 Å². The molecule has 12 heavy (non-hydrogen) atoms. The molecule has 0 bridgehead atoms. The van der Waals surface area contributed by atoms with E-state index in [0.29, 0.717) is 17.9 Å². The van der Waals surface area contributed by atoms with E-state index >= 15 is 0 Å². The van der Waals surface area contributed by atoms with Gasteiger partial charge in [-0.3, -0.25) is 0 Å². The summed E-state index contributed by atoms with van der Waals surface area (Å²) in [6.07, 6.45) is 4.46. The maximum absolute atomic E-state index is 10.5. The minimum absolute atomic E-state index is 0.538. The van der Waals surface area contributed by atoms with Crippen LogP contribution in [0.15, 0.2) is 11.6 Å². The largest absolute Gasteiger partial charge is 0.478 e. The Morgan fingerprint density at radius 2 is 2.08 bits per heavy atom. The van der Waals surface area contributed by atoms with E-state index in [2.05, 4.69) is 13.8 Å². The Kier molecular flexibility index (Phi) is 5.43. The molecule has 0 saturated heterocycles. The lowest BCUT2D eigenvalue weighted by Gasteiger charge is -2.04. The molecule has 0 aliphatic heterocycles. The minimum atomic E-state index is -0.777. The summed E-state index contributed by atoms with van der Waals surface area (Å²) in [4.78, 5) is 10.5. The Morgan fingerprint density at radius 1 is 1.50 bits per heavy atom. The molecule has 0 amide bonds. The lowest BCUT2D eigenvalue weighted by Crippen LogP contribution is -2.00. The number of aliphatic carboxylic acids is 1. The predicted molar refractivity (Wildman–Crippen MR) is 50.1 cm³/mol. The van der Waals surface area contributed by atoms with Gasteiger partial charge in [0.05, 0.1) is 0 Å². The summed E-state index contributed by atoms with van der Waals surface area (Å²) >= 11 is 0. The smallest absolute Gasteiger partial charge is 0.331 e. The molecule has 0 atom stereocenters. The molecule has 0 aromatic rings. The first kappa shape index (κ1) is 11.2. The summed E-state index contributed by atoms with van der Waals surface area (Å²) in [7, 11) is 0. The van der Waals surface area contributed by atoms with Crippen molar-refractivity contribution < 1.29 is 9.90 Å². The van der Waals surface area contributed by atoms with Gasteiger partial charge in [0, 0.05) is 5.57 Å². The van der Waals surface area contributed by atoms with Gasteiger partial charge in [-0.25, -0.2) is 4.79 Å². The zero-order valence-electron chi connectivity index (χ0n) is 8.13. The van der Waals surface area contributed by atoms with Crippen LogP contribution in [0.2, 0.25) is 0 Å². The van der Waals surface area contributed by atoms with Gasteiger partial charge in [-0.05, 0) is 25.7 Å². The number of carboxylic acids is 1. The van der Waals surface area contributed by atoms with Crippen LogP contribution >= 0.6 is 0 Å². The van der Waals surface area contributed by atoms with Gasteiger partial charge in [-0.1, -0.05) is 26.3 Å². The Labute approximate surface area is 74.3 Å². The van der Waals surface area contributed by atoms with Crippen LogP contribution in [0.1, 0.15) is 40.0 Å². The molecule has 0 aliphatic rings. The van der Waals surface area contributed by atoms with Gasteiger partial charge < -0.3 is 5.11 Å². The number of hydrogen-bond donors (Lipinski definition) is 1. The van der Waals surface area contributed by atoms with E-state index in [1.165, 1.54) is 0 Å². The summed E-state index contributed by atoms with van der Waals surface area (Å²) in [6, 6.07) is 0. The molecule has 0 aromatic heterocycles. The van der Waals surface area contributed by atoms with E-state index in [4.69, 9.17) is 5.11 Å². The fourth-order valence-corrected chi connectivity index (χ4v) is 1.08. The van der Waals surface area contributed by atoms with Gasteiger partial charge in [0.25, 0.3) is 0 Å². The first-order valence-electron chi connectivity index (χ1n) is 4.46. The molecule has 0 heterocycles. The molecule has 2 nitrogen and oxygen atoms in total. The number of carbonyl (C=O) groups is 1. The monoisotopic (exact) mass is 170 g/mol. The number of allylic oxidation sites excluding steroid dienone is 1. The normalized spacial score (nSPS) is 12.2. The average molecular weight is 170 g/mol. The molecule has 0 aromatic carbocycles. The van der Waals surface area contributed by atoms with E-state index < -0.39 is 5.97 Å². The highest BCUT2D eigenvalue weighted by Crippen LogP contribution is 2.11. The van der Waals surface area contributed by atoms with Crippen molar-refractivity contribution in [2.45, 2.75) is 40.0 Å². The van der Waals surface area contributed by atoms with Crippen molar-refractivity contribution in [3.05, 3.63) is 11.6 Å². The van der Waals surface area contributed by atoms with Crippen molar-refractivity contribution in [2.24, 2.45) is 5.92 Å². The van der Waals surface area contributed by atoms with Crippen molar-refractivity contribution in [1.82, 2.24) is 0 Å². The molecule has 1 N–H and O–H groups in total. The zero-order valence-corrected chi connectivity index (χ0v) is 8.13. The Bertz CT molecular complexity index is 169. The third-order valence-corrected chi connectivity index (χ3v) is 1.85. The summed E-state index contributed by atoms with van der Waals surface area (Å²) < 4.78 is 0. The van der Waals surface area contributed by atoms with E-state index in [-0.39, 0.29) is 0 Å². The maximum atomic E-state index is 10.5. The summed E-state index contributed by atoms with van der Waals surface area (Å²) in [5, 5.41) is 8.67. The summed E-state index contributed by atoms with van der Waals surface area (Å²) in [6.45, 7) is 6.07. The van der Waals surface area contributed by atoms with Gasteiger partial charge >= 0.3 is 5.97 Å². The van der Waals surface area contributed by atoms with Crippen LogP contribution in [-0.2, 0) is 4.79 Å². The quantitative estimate of drug-likeness (QED) is 0.644. The molecular weight excluding hydrogens is 152 g/mol. The molecule has 0 spiro atoms. The number of carboxylic acid groups (broad SMARTS) is 1. The first-order chi connectivity index (χ1) is 5.57. The summed E-state index contributed by atoms with van der Waals surface area (Å²) in [5.74, 6) is -0.113.